The summed E-state index contributed by atoms with van der Waals surface area (Å²) in [6.45, 7) is 0.927. The number of hydrogen-bond donors (Lipinski definition) is 2. The number of anilines is 1. The molecule has 0 spiro atoms. The highest BCUT2D eigenvalue weighted by Gasteiger charge is 2.05. The molecule has 2 aromatic carbocycles. The van der Waals surface area contributed by atoms with E-state index in [4.69, 9.17) is 21.6 Å². The maximum absolute atomic E-state index is 12.0. The zero-order valence-electron chi connectivity index (χ0n) is 12.6. The first-order valence-electron chi connectivity index (χ1n) is 7.00. The number of halogens is 1. The van der Waals surface area contributed by atoms with Crippen molar-refractivity contribution in [3.05, 3.63) is 58.6 Å². The van der Waals surface area contributed by atoms with E-state index in [2.05, 4.69) is 16.7 Å². The number of benzene rings is 2. The van der Waals surface area contributed by atoms with Crippen molar-refractivity contribution in [3.63, 3.8) is 0 Å². The summed E-state index contributed by atoms with van der Waals surface area (Å²) < 4.78 is 5.05. The number of nitriles is 1. The van der Waals surface area contributed by atoms with Crippen molar-refractivity contribution in [1.82, 2.24) is 5.32 Å². The van der Waals surface area contributed by atoms with E-state index in [9.17, 15) is 4.79 Å². The molecule has 0 aliphatic rings. The Hall–Kier alpha value is -2.71. The Morgan fingerprint density at radius 2 is 1.96 bits per heavy atom. The van der Waals surface area contributed by atoms with E-state index in [0.29, 0.717) is 40.7 Å². The van der Waals surface area contributed by atoms with Gasteiger partial charge in [-0.1, -0.05) is 11.6 Å². The fraction of sp³-hybridized carbons (Fsp3) is 0.176. The van der Waals surface area contributed by atoms with Gasteiger partial charge in [-0.15, -0.1) is 0 Å². The lowest BCUT2D eigenvalue weighted by Crippen LogP contribution is -2.28. The van der Waals surface area contributed by atoms with Gasteiger partial charge in [0.2, 0.25) is 0 Å². The molecule has 2 rings (SSSR count). The van der Waals surface area contributed by atoms with Gasteiger partial charge in [-0.05, 0) is 42.5 Å². The maximum Gasteiger partial charge on any atom is 0.251 e. The minimum atomic E-state index is -0.161. The Balaban J connectivity index is 1.83. The van der Waals surface area contributed by atoms with Gasteiger partial charge in [-0.3, -0.25) is 4.79 Å². The van der Waals surface area contributed by atoms with E-state index in [-0.39, 0.29) is 5.91 Å². The molecular weight excluding hydrogens is 314 g/mol. The molecule has 0 atom stereocenters. The normalized spacial score (nSPS) is 9.78. The number of carbonyl (C=O) groups is 1. The topological polar surface area (TPSA) is 74.2 Å². The van der Waals surface area contributed by atoms with Crippen LogP contribution in [0.15, 0.2) is 42.5 Å². The molecule has 2 aromatic rings. The molecule has 0 aliphatic heterocycles. The maximum atomic E-state index is 12.0. The molecule has 0 fully saturated rings. The molecule has 118 valence electrons. The van der Waals surface area contributed by atoms with Crippen LogP contribution in [0, 0.1) is 11.3 Å². The first-order chi connectivity index (χ1) is 11.1. The van der Waals surface area contributed by atoms with Crippen LogP contribution < -0.4 is 15.4 Å². The zero-order chi connectivity index (χ0) is 16.7. The molecular formula is C17H16ClN3O2. The zero-order valence-corrected chi connectivity index (χ0v) is 13.4. The third-order valence-electron chi connectivity index (χ3n) is 3.18. The molecule has 5 nitrogen and oxygen atoms in total. The number of ether oxygens (including phenoxy) is 1. The van der Waals surface area contributed by atoms with Crippen LogP contribution in [0.5, 0.6) is 5.75 Å². The molecule has 0 saturated carbocycles. The van der Waals surface area contributed by atoms with Crippen LogP contribution in [-0.4, -0.2) is 26.1 Å². The fourth-order valence-electron chi connectivity index (χ4n) is 1.98. The van der Waals surface area contributed by atoms with Crippen LogP contribution in [0.2, 0.25) is 5.02 Å². The lowest BCUT2D eigenvalue weighted by molar-refractivity contribution is 0.0955. The van der Waals surface area contributed by atoms with Crippen molar-refractivity contribution in [3.8, 4) is 11.8 Å². The van der Waals surface area contributed by atoms with E-state index in [0.717, 1.165) is 0 Å². The van der Waals surface area contributed by atoms with Gasteiger partial charge >= 0.3 is 0 Å². The van der Waals surface area contributed by atoms with Crippen LogP contribution in [0.3, 0.4) is 0 Å². The predicted molar refractivity (Wildman–Crippen MR) is 90.0 cm³/mol. The Morgan fingerprint density at radius 3 is 2.61 bits per heavy atom. The monoisotopic (exact) mass is 329 g/mol. The number of nitrogens with one attached hydrogen (secondary N) is 2. The van der Waals surface area contributed by atoms with Gasteiger partial charge in [0.05, 0.1) is 18.4 Å². The predicted octanol–water partition coefficient (Wildman–Crippen LogP) is 3.06. The summed E-state index contributed by atoms with van der Waals surface area (Å²) in [5.74, 6) is 0.543. The minimum Gasteiger partial charge on any atom is -0.497 e. The van der Waals surface area contributed by atoms with Crippen molar-refractivity contribution in [2.75, 3.05) is 25.5 Å². The van der Waals surface area contributed by atoms with E-state index in [1.807, 2.05) is 0 Å². The Kier molecular flexibility index (Phi) is 5.84. The third-order valence-corrected chi connectivity index (χ3v) is 3.42. The van der Waals surface area contributed by atoms with Crippen molar-refractivity contribution in [2.45, 2.75) is 0 Å². The van der Waals surface area contributed by atoms with Crippen LogP contribution >= 0.6 is 11.6 Å². The number of rotatable bonds is 6. The second-order valence-corrected chi connectivity index (χ2v) is 5.15. The molecule has 23 heavy (non-hydrogen) atoms. The van der Waals surface area contributed by atoms with E-state index >= 15 is 0 Å². The molecule has 0 unspecified atom stereocenters. The number of amides is 1. The van der Waals surface area contributed by atoms with Crippen molar-refractivity contribution >= 4 is 23.2 Å². The SMILES string of the molecule is COc1ccc(C(=O)NCCNc2ccc(Cl)cc2C#N)cc1. The Bertz CT molecular complexity index is 724. The van der Waals surface area contributed by atoms with Crippen molar-refractivity contribution < 1.29 is 9.53 Å². The van der Waals surface area contributed by atoms with Gasteiger partial charge in [0.15, 0.2) is 0 Å². The summed E-state index contributed by atoms with van der Waals surface area (Å²) in [6.07, 6.45) is 0. The van der Waals surface area contributed by atoms with E-state index < -0.39 is 0 Å². The van der Waals surface area contributed by atoms with Crippen LogP contribution in [0.25, 0.3) is 0 Å². The highest BCUT2D eigenvalue weighted by Crippen LogP contribution is 2.19. The first-order valence-corrected chi connectivity index (χ1v) is 7.37. The Morgan fingerprint density at radius 1 is 1.22 bits per heavy atom. The fourth-order valence-corrected chi connectivity index (χ4v) is 2.15. The summed E-state index contributed by atoms with van der Waals surface area (Å²) in [5.41, 5.74) is 1.73. The highest BCUT2D eigenvalue weighted by atomic mass is 35.5. The minimum absolute atomic E-state index is 0.161. The Labute approximate surface area is 139 Å². The average Bonchev–Trinajstić information content (AvgIpc) is 2.59. The van der Waals surface area contributed by atoms with Gasteiger partial charge in [-0.2, -0.15) is 5.26 Å². The van der Waals surface area contributed by atoms with E-state index in [1.54, 1.807) is 49.6 Å². The quantitative estimate of drug-likeness (QED) is 0.799. The number of nitrogens with zero attached hydrogens (tertiary/aromatic N) is 1. The van der Waals surface area contributed by atoms with E-state index in [1.165, 1.54) is 0 Å². The molecule has 0 radical (unpaired) electrons. The molecule has 6 heteroatoms. The van der Waals surface area contributed by atoms with Crippen LogP contribution in [-0.2, 0) is 0 Å². The summed E-state index contributed by atoms with van der Waals surface area (Å²) in [4.78, 5) is 12.0. The standard InChI is InChI=1S/C17H16ClN3O2/c1-23-15-5-2-12(3-6-15)17(22)21-9-8-20-16-7-4-14(18)10-13(16)11-19/h2-7,10,20H,8-9H2,1H3,(H,21,22). The lowest BCUT2D eigenvalue weighted by atomic mass is 10.2. The number of methoxy groups -OCH3 is 1. The second kappa shape index (κ2) is 8.06. The number of carbonyl (C=O) groups excluding carboxylic acids is 1. The molecule has 0 bridgehead atoms. The van der Waals surface area contributed by atoms with Gasteiger partial charge in [0, 0.05) is 23.7 Å². The van der Waals surface area contributed by atoms with Crippen molar-refractivity contribution in [2.24, 2.45) is 0 Å². The smallest absolute Gasteiger partial charge is 0.251 e. The summed E-state index contributed by atoms with van der Waals surface area (Å²) >= 11 is 5.84. The van der Waals surface area contributed by atoms with Gasteiger partial charge < -0.3 is 15.4 Å². The molecule has 0 aliphatic carbocycles. The van der Waals surface area contributed by atoms with Crippen LogP contribution in [0.1, 0.15) is 15.9 Å². The van der Waals surface area contributed by atoms with Gasteiger partial charge in [-0.25, -0.2) is 0 Å². The third kappa shape index (κ3) is 4.63. The summed E-state index contributed by atoms with van der Waals surface area (Å²) in [5, 5.41) is 15.5. The number of hydrogen-bond acceptors (Lipinski definition) is 4. The molecule has 0 saturated heterocycles. The van der Waals surface area contributed by atoms with Gasteiger partial charge in [0.1, 0.15) is 11.8 Å². The lowest BCUT2D eigenvalue weighted by Gasteiger charge is -2.10. The molecule has 0 aromatic heterocycles. The van der Waals surface area contributed by atoms with Crippen LogP contribution in [0.4, 0.5) is 5.69 Å². The highest BCUT2D eigenvalue weighted by molar-refractivity contribution is 6.30. The molecule has 0 heterocycles. The average molecular weight is 330 g/mol. The second-order valence-electron chi connectivity index (χ2n) is 4.71. The first kappa shape index (κ1) is 16.7. The summed E-state index contributed by atoms with van der Waals surface area (Å²) in [6, 6.07) is 14.0. The van der Waals surface area contributed by atoms with Crippen molar-refractivity contribution in [1.29, 1.82) is 5.26 Å². The summed E-state index contributed by atoms with van der Waals surface area (Å²) in [7, 11) is 1.58. The van der Waals surface area contributed by atoms with Gasteiger partial charge in [0.25, 0.3) is 5.91 Å². The molecule has 1 amide bonds. The largest absolute Gasteiger partial charge is 0.497 e. The molecule has 2 N–H and O–H groups in total.